The van der Waals surface area contributed by atoms with E-state index in [1.54, 1.807) is 14.1 Å². The summed E-state index contributed by atoms with van der Waals surface area (Å²) >= 11 is 0. The predicted octanol–water partition coefficient (Wildman–Crippen LogP) is 1.23. The summed E-state index contributed by atoms with van der Waals surface area (Å²) in [6, 6.07) is 5.04. The molecule has 0 bridgehead atoms. The minimum absolute atomic E-state index is 0.193. The fraction of sp³-hybridized carbons (Fsp3) is 0.385. The molecule has 0 N–H and O–H groups in total. The Morgan fingerprint density at radius 1 is 1.26 bits per heavy atom. The first-order chi connectivity index (χ1) is 8.82. The van der Waals surface area contributed by atoms with E-state index in [1.165, 1.54) is 36.1 Å². The molecule has 0 heterocycles. The molecule has 0 aliphatic carbocycles. The van der Waals surface area contributed by atoms with Crippen LogP contribution in [0, 0.1) is 5.82 Å². The maximum absolute atomic E-state index is 12.7. The summed E-state index contributed by atoms with van der Waals surface area (Å²) in [5, 5.41) is -0.797. The van der Waals surface area contributed by atoms with Crippen LogP contribution >= 0.6 is 0 Å². The largest absolute Gasteiger partial charge is 0.348 e. The summed E-state index contributed by atoms with van der Waals surface area (Å²) in [4.78, 5) is 24.8. The Hall–Kier alpha value is -1.56. The molecule has 1 aromatic carbocycles. The van der Waals surface area contributed by atoms with Gasteiger partial charge in [0, 0.05) is 30.5 Å². The number of carbonyl (C=O) groups is 2. The fourth-order valence-electron chi connectivity index (χ4n) is 1.34. The Labute approximate surface area is 114 Å². The number of hydrogen-bond acceptors (Lipinski definition) is 3. The summed E-state index contributed by atoms with van der Waals surface area (Å²) in [5.74, 6) is -1.28. The molecule has 0 aliphatic rings. The van der Waals surface area contributed by atoms with Crippen LogP contribution in [0.25, 0.3) is 0 Å². The van der Waals surface area contributed by atoms with Gasteiger partial charge < -0.3 is 4.90 Å². The third-order valence-corrected chi connectivity index (χ3v) is 4.19. The van der Waals surface area contributed by atoms with Gasteiger partial charge >= 0.3 is 0 Å². The molecule has 1 rings (SSSR count). The van der Waals surface area contributed by atoms with Gasteiger partial charge in [-0.2, -0.15) is 0 Å². The molecule has 0 saturated carbocycles. The van der Waals surface area contributed by atoms with Gasteiger partial charge in [-0.3, -0.25) is 13.8 Å². The van der Waals surface area contributed by atoms with E-state index in [-0.39, 0.29) is 17.4 Å². The monoisotopic (exact) mass is 285 g/mol. The second-order valence-electron chi connectivity index (χ2n) is 4.33. The van der Waals surface area contributed by atoms with Crippen molar-refractivity contribution < 1.29 is 18.2 Å². The highest BCUT2D eigenvalue weighted by Crippen LogP contribution is 2.10. The Balaban J connectivity index is 2.74. The Morgan fingerprint density at radius 2 is 1.79 bits per heavy atom. The molecule has 4 nitrogen and oxygen atoms in total. The molecule has 0 fully saturated rings. The molecule has 0 aromatic heterocycles. The van der Waals surface area contributed by atoms with Crippen molar-refractivity contribution in [1.29, 1.82) is 0 Å². The van der Waals surface area contributed by atoms with E-state index in [9.17, 15) is 18.2 Å². The van der Waals surface area contributed by atoms with Crippen molar-refractivity contribution >= 4 is 22.5 Å². The molecule has 19 heavy (non-hydrogen) atoms. The van der Waals surface area contributed by atoms with Crippen molar-refractivity contribution in [3.63, 3.8) is 0 Å². The molecule has 0 radical (unpaired) electrons. The zero-order valence-electron chi connectivity index (χ0n) is 11.1. The van der Waals surface area contributed by atoms with Gasteiger partial charge in [-0.15, -0.1) is 0 Å². The van der Waals surface area contributed by atoms with Crippen LogP contribution < -0.4 is 0 Å². The van der Waals surface area contributed by atoms with Gasteiger partial charge in [0.25, 0.3) is 0 Å². The first-order valence-corrected chi connectivity index (χ1v) is 7.08. The normalized spacial score (nSPS) is 13.7. The number of amides is 1. The van der Waals surface area contributed by atoms with Gasteiger partial charge in [-0.25, -0.2) is 4.39 Å². The molecule has 1 aromatic rings. The van der Waals surface area contributed by atoms with E-state index in [0.29, 0.717) is 5.56 Å². The predicted molar refractivity (Wildman–Crippen MR) is 71.9 cm³/mol. The zero-order valence-corrected chi connectivity index (χ0v) is 11.9. The van der Waals surface area contributed by atoms with Crippen LogP contribution in [0.4, 0.5) is 4.39 Å². The van der Waals surface area contributed by atoms with Crippen molar-refractivity contribution in [1.82, 2.24) is 4.90 Å². The number of halogens is 1. The van der Waals surface area contributed by atoms with Crippen molar-refractivity contribution in [2.24, 2.45) is 0 Å². The molecular weight excluding hydrogens is 269 g/mol. The summed E-state index contributed by atoms with van der Waals surface area (Å²) in [5.41, 5.74) is 0.291. The fourth-order valence-corrected chi connectivity index (χ4v) is 2.47. The van der Waals surface area contributed by atoms with Gasteiger partial charge in [0.15, 0.2) is 5.78 Å². The van der Waals surface area contributed by atoms with Crippen molar-refractivity contribution in [3.8, 4) is 0 Å². The minimum Gasteiger partial charge on any atom is -0.348 e. The second-order valence-corrected chi connectivity index (χ2v) is 6.08. The highest BCUT2D eigenvalue weighted by atomic mass is 32.2. The summed E-state index contributed by atoms with van der Waals surface area (Å²) in [6.07, 6.45) is 0. The quantitative estimate of drug-likeness (QED) is 0.765. The number of nitrogens with zero attached hydrogens (tertiary/aromatic N) is 1. The van der Waals surface area contributed by atoms with E-state index in [4.69, 9.17) is 0 Å². The number of hydrogen-bond donors (Lipinski definition) is 0. The molecule has 1 amide bonds. The molecule has 0 saturated heterocycles. The molecule has 104 valence electrons. The molecule has 0 aliphatic heterocycles. The Morgan fingerprint density at radius 3 is 2.26 bits per heavy atom. The standard InChI is InChI=1S/C13H16FNO3S/c1-9(19(18)8-12(16)15(2)3)13(17)10-4-6-11(14)7-5-10/h4-7,9H,8H2,1-3H3. The number of carbonyl (C=O) groups excluding carboxylic acids is 2. The van der Waals surface area contributed by atoms with E-state index in [1.807, 2.05) is 0 Å². The van der Waals surface area contributed by atoms with Gasteiger partial charge in [-0.1, -0.05) is 0 Å². The van der Waals surface area contributed by atoms with Gasteiger partial charge in [0.05, 0.1) is 5.25 Å². The van der Waals surface area contributed by atoms with E-state index >= 15 is 0 Å². The van der Waals surface area contributed by atoms with Gasteiger partial charge in [0.1, 0.15) is 11.6 Å². The van der Waals surface area contributed by atoms with Crippen molar-refractivity contribution in [2.45, 2.75) is 12.2 Å². The van der Waals surface area contributed by atoms with Crippen LogP contribution in [-0.2, 0) is 15.6 Å². The molecular formula is C13H16FNO3S. The number of ketones is 1. The van der Waals surface area contributed by atoms with Crippen LogP contribution in [0.1, 0.15) is 17.3 Å². The van der Waals surface area contributed by atoms with Crippen LogP contribution in [0.3, 0.4) is 0 Å². The average molecular weight is 285 g/mol. The smallest absolute Gasteiger partial charge is 0.234 e. The lowest BCUT2D eigenvalue weighted by Gasteiger charge is -2.13. The SMILES string of the molecule is CC(C(=O)c1ccc(F)cc1)S(=O)CC(=O)N(C)C. The van der Waals surface area contributed by atoms with E-state index in [0.717, 1.165) is 0 Å². The minimum atomic E-state index is -1.59. The van der Waals surface area contributed by atoms with Crippen LogP contribution in [-0.4, -0.2) is 45.9 Å². The van der Waals surface area contributed by atoms with Crippen molar-refractivity contribution in [3.05, 3.63) is 35.6 Å². The third kappa shape index (κ3) is 4.24. The third-order valence-electron chi connectivity index (χ3n) is 2.66. The average Bonchev–Trinajstić information content (AvgIpc) is 2.37. The summed E-state index contributed by atoms with van der Waals surface area (Å²) in [6.45, 7) is 1.50. The maximum atomic E-state index is 12.7. The van der Waals surface area contributed by atoms with Crippen LogP contribution in [0.15, 0.2) is 24.3 Å². The molecule has 2 unspecified atom stereocenters. The number of benzene rings is 1. The zero-order chi connectivity index (χ0) is 14.6. The molecule has 2 atom stereocenters. The maximum Gasteiger partial charge on any atom is 0.234 e. The number of rotatable bonds is 5. The lowest BCUT2D eigenvalue weighted by molar-refractivity contribution is -0.125. The van der Waals surface area contributed by atoms with Crippen molar-refractivity contribution in [2.75, 3.05) is 19.8 Å². The van der Waals surface area contributed by atoms with E-state index < -0.39 is 21.9 Å². The summed E-state index contributed by atoms with van der Waals surface area (Å²) in [7, 11) is 1.54. The highest BCUT2D eigenvalue weighted by molar-refractivity contribution is 7.87. The van der Waals surface area contributed by atoms with Crippen LogP contribution in [0.5, 0.6) is 0 Å². The lowest BCUT2D eigenvalue weighted by atomic mass is 10.1. The second kappa shape index (κ2) is 6.56. The Kier molecular flexibility index (Phi) is 5.35. The topological polar surface area (TPSA) is 54.5 Å². The molecule has 6 heteroatoms. The lowest BCUT2D eigenvalue weighted by Crippen LogP contribution is -2.32. The summed E-state index contributed by atoms with van der Waals surface area (Å²) < 4.78 is 24.7. The highest BCUT2D eigenvalue weighted by Gasteiger charge is 2.23. The molecule has 0 spiro atoms. The van der Waals surface area contributed by atoms with E-state index in [2.05, 4.69) is 0 Å². The number of Topliss-reactive ketones (excluding diaryl/α,β-unsaturated/α-hetero) is 1. The first kappa shape index (κ1) is 15.5. The first-order valence-electron chi connectivity index (χ1n) is 5.70. The Bertz CT molecular complexity index is 499. The van der Waals surface area contributed by atoms with Gasteiger partial charge in [0.2, 0.25) is 5.91 Å². The van der Waals surface area contributed by atoms with Gasteiger partial charge in [-0.05, 0) is 31.2 Å². The van der Waals surface area contributed by atoms with Crippen LogP contribution in [0.2, 0.25) is 0 Å².